The smallest absolute Gasteiger partial charge is 0.222 e. The van der Waals surface area contributed by atoms with E-state index < -0.39 is 9.84 Å². The zero-order valence-electron chi connectivity index (χ0n) is 57.2. The van der Waals surface area contributed by atoms with E-state index in [-0.39, 0.29) is 51.2 Å². The molecule has 0 unspecified atom stereocenters. The van der Waals surface area contributed by atoms with Gasteiger partial charge in [0.1, 0.15) is 28.7 Å². The third kappa shape index (κ3) is 15.4. The first-order chi connectivity index (χ1) is 48.3. The molecule has 4 aromatic heterocycles. The molecule has 4 heterocycles. The molecule has 0 bridgehead atoms. The summed E-state index contributed by atoms with van der Waals surface area (Å²) in [5.41, 5.74) is 13.6. The molecule has 22 nitrogen and oxygen atoms in total. The number of rotatable bonds is 18. The van der Waals surface area contributed by atoms with Crippen molar-refractivity contribution < 1.29 is 47.8 Å². The van der Waals surface area contributed by atoms with Gasteiger partial charge in [0.05, 0.1) is 74.5 Å². The Morgan fingerprint density at radius 3 is 1.10 bits per heavy atom. The minimum Gasteiger partial charge on any atom is -0.497 e. The quantitative estimate of drug-likeness (QED) is 0.0581. The molecule has 101 heavy (non-hydrogen) atoms. The van der Waals surface area contributed by atoms with E-state index in [0.29, 0.717) is 70.0 Å². The summed E-state index contributed by atoms with van der Waals surface area (Å²) in [4.78, 5) is 45.2. The van der Waals surface area contributed by atoms with Crippen LogP contribution in [0.2, 0.25) is 5.02 Å². The van der Waals surface area contributed by atoms with E-state index in [4.69, 9.17) is 30.5 Å². The number of aromatic nitrogens is 4. The molecule has 0 saturated carbocycles. The van der Waals surface area contributed by atoms with E-state index in [2.05, 4.69) is 20.7 Å². The Balaban J connectivity index is 0.000000146. The van der Waals surface area contributed by atoms with Crippen molar-refractivity contribution in [2.45, 2.75) is 79.5 Å². The van der Waals surface area contributed by atoms with Crippen molar-refractivity contribution in [2.75, 3.05) is 27.6 Å². The number of methoxy groups -OCH3 is 3. The van der Waals surface area contributed by atoms with Gasteiger partial charge in [0, 0.05) is 38.9 Å². The Labute approximate surface area is 586 Å². The van der Waals surface area contributed by atoms with Gasteiger partial charge in [-0.05, 0) is 205 Å². The summed E-state index contributed by atoms with van der Waals surface area (Å²) in [6.07, 6.45) is 1.15. The average molecular weight is 1400 g/mol. The zero-order chi connectivity index (χ0) is 72.7. The summed E-state index contributed by atoms with van der Waals surface area (Å²) in [6, 6.07) is 51.7. The summed E-state index contributed by atoms with van der Waals surface area (Å²) in [5, 5.41) is 57.1. The van der Waals surface area contributed by atoms with Gasteiger partial charge in [0.25, 0.3) is 0 Å². The minimum atomic E-state index is -3.26. The number of hydrogen-bond acceptors (Lipinski definition) is 18. The van der Waals surface area contributed by atoms with Crippen LogP contribution >= 0.6 is 11.6 Å². The monoisotopic (exact) mass is 1400 g/mol. The number of aromatic hydroxyl groups is 4. The lowest BCUT2D eigenvalue weighted by Crippen LogP contribution is -2.02. The van der Waals surface area contributed by atoms with Gasteiger partial charge in [-0.2, -0.15) is 0 Å². The molecule has 0 aliphatic rings. The van der Waals surface area contributed by atoms with E-state index >= 15 is 0 Å². The lowest BCUT2D eigenvalue weighted by atomic mass is 10.1. The number of para-hydroxylation sites is 1. The van der Waals surface area contributed by atoms with Gasteiger partial charge < -0.3 is 57.6 Å². The van der Waals surface area contributed by atoms with Gasteiger partial charge in [0.15, 0.2) is 32.6 Å². The molecular formula is C77H73ClN8O14S. The highest BCUT2D eigenvalue weighted by Gasteiger charge is 2.25. The van der Waals surface area contributed by atoms with Gasteiger partial charge in [0.2, 0.25) is 23.5 Å². The Kier molecular flexibility index (Phi) is 21.7. The number of benzene rings is 9. The maximum Gasteiger partial charge on any atom is 0.222 e. The lowest BCUT2D eigenvalue weighted by Gasteiger charge is -2.12. The van der Waals surface area contributed by atoms with Gasteiger partial charge in [-0.25, -0.2) is 8.42 Å². The number of aryl methyl sites for hydroxylation is 7. The van der Waals surface area contributed by atoms with Crippen LogP contribution < -0.4 is 18.9 Å². The van der Waals surface area contributed by atoms with Crippen LogP contribution in [0.1, 0.15) is 61.2 Å². The fourth-order valence-electron chi connectivity index (χ4n) is 12.8. The van der Waals surface area contributed by atoms with E-state index in [0.717, 1.165) is 101 Å². The van der Waals surface area contributed by atoms with Gasteiger partial charge >= 0.3 is 0 Å². The highest BCUT2D eigenvalue weighted by Crippen LogP contribution is 2.46. The number of fused-ring (bicyclic) bond motifs is 4. The van der Waals surface area contributed by atoms with Gasteiger partial charge in [-0.1, -0.05) is 101 Å². The number of nitrogens with zero attached hydrogens (tertiary/aromatic N) is 8. The molecule has 0 aliphatic carbocycles. The molecule has 0 fully saturated rings. The topological polar surface area (TPSA) is 289 Å². The van der Waals surface area contributed by atoms with E-state index in [1.807, 2.05) is 176 Å². The molecular weight excluding hydrogens is 1330 g/mol. The Morgan fingerprint density at radius 1 is 0.366 bits per heavy atom. The standard InChI is InChI=1S/C23H20N2O3.C19H20N2O4.C18H18N2O4S.C17H15ClN2O3/c1-15-11-16(2)22-20(12-15)21(24-27)23(26)25(22)14-17-7-6-10-19(13-17)28-18-8-4-3-5-9-18;1-11-5-12(2)18-16(6-11)17(20-23)19(22)21(18)10-13-7-14(24-3)9-15(8-13)25-4;1-11-8-12(2)17-15(9-11)16(19-22)18(21)20(17)10-13-4-6-14(7-5-13)25(3,23)24;1-10-7-12(18)8-14-15(19-22)17(21)20(16(10)14)9-11-3-5-13(23-2)6-4-11/h3-13,26H,14H2,1-2H3;5-9,22H,10H2,1-4H3;4-9,21H,10H2,1-3H3;3-8,21H,9H2,1-2H3. The van der Waals surface area contributed by atoms with Crippen LogP contribution in [-0.4, -0.2) is 74.7 Å². The summed E-state index contributed by atoms with van der Waals surface area (Å²) in [7, 11) is 1.52. The molecule has 24 heteroatoms. The van der Waals surface area contributed by atoms with Crippen LogP contribution in [0.5, 0.6) is 52.3 Å². The fraction of sp³-hybridized carbons (Fsp3) is 0.195. The predicted molar refractivity (Wildman–Crippen MR) is 396 cm³/mol. The summed E-state index contributed by atoms with van der Waals surface area (Å²) in [5.74, 6) is 2.94. The summed E-state index contributed by atoms with van der Waals surface area (Å²) < 4.78 is 51.5. The first-order valence-corrected chi connectivity index (χ1v) is 33.9. The van der Waals surface area contributed by atoms with Crippen molar-refractivity contribution in [3.63, 3.8) is 0 Å². The van der Waals surface area contributed by atoms with Crippen molar-refractivity contribution in [1.29, 1.82) is 0 Å². The predicted octanol–water partition coefficient (Wildman–Crippen LogP) is 19.2. The average Bonchev–Trinajstić information content (AvgIpc) is 1.64. The largest absolute Gasteiger partial charge is 0.497 e. The molecule has 13 aromatic rings. The first kappa shape index (κ1) is 71.9. The molecule has 518 valence electrons. The molecule has 0 radical (unpaired) electrons. The highest BCUT2D eigenvalue weighted by molar-refractivity contribution is 7.90. The number of ether oxygens (including phenoxy) is 4. The Bertz CT molecular complexity index is 5410. The second-order valence-electron chi connectivity index (χ2n) is 24.5. The van der Waals surface area contributed by atoms with Crippen LogP contribution in [0.3, 0.4) is 0 Å². The van der Waals surface area contributed by atoms with Crippen molar-refractivity contribution in [1.82, 2.24) is 18.3 Å². The first-order valence-electron chi connectivity index (χ1n) is 31.6. The van der Waals surface area contributed by atoms with Gasteiger partial charge in [-0.15, -0.1) is 19.6 Å². The normalized spacial score (nSPS) is 11.1. The third-order valence-corrected chi connectivity index (χ3v) is 18.4. The van der Waals surface area contributed by atoms with Gasteiger partial charge in [-0.3, -0.25) is 0 Å². The van der Waals surface area contributed by atoms with Crippen molar-refractivity contribution in [2.24, 2.45) is 20.7 Å². The van der Waals surface area contributed by atoms with Crippen molar-refractivity contribution in [3.05, 3.63) is 256 Å². The van der Waals surface area contributed by atoms with E-state index in [1.54, 1.807) is 69.9 Å². The minimum absolute atomic E-state index is 0.0131. The fourth-order valence-corrected chi connectivity index (χ4v) is 13.7. The van der Waals surface area contributed by atoms with Crippen LogP contribution in [0.25, 0.3) is 43.6 Å². The molecule has 9 aromatic carbocycles. The number of sulfone groups is 1. The van der Waals surface area contributed by atoms with Crippen molar-refractivity contribution in [3.8, 4) is 52.3 Å². The second-order valence-corrected chi connectivity index (χ2v) is 27.0. The van der Waals surface area contributed by atoms with Crippen molar-refractivity contribution >= 4 is 87.8 Å². The summed E-state index contributed by atoms with van der Waals surface area (Å²) in [6.45, 7) is 15.0. The Hall–Kier alpha value is -11.8. The number of halogens is 1. The number of hydrogen-bond donors (Lipinski definition) is 4. The maximum absolute atomic E-state index is 11.6. The third-order valence-electron chi connectivity index (χ3n) is 17.1. The molecule has 13 rings (SSSR count). The molecule has 4 N–H and O–H groups in total. The molecule has 0 atom stereocenters. The van der Waals surface area contributed by atoms with E-state index in [1.165, 1.54) is 12.1 Å². The maximum atomic E-state index is 11.6. The molecule has 0 aliphatic heterocycles. The SMILES string of the molecule is COc1cc(Cn2c(O)c(N=O)c3cc(C)cc(C)c32)cc(OC)c1.COc1ccc(Cn2c(O)c(N=O)c3cc(Cl)cc(C)c32)cc1.Cc1cc(C)c2c(c1)c(N=O)c(O)n2Cc1ccc(S(C)(=O)=O)cc1.Cc1cc(C)c2c(c1)c(N=O)c(O)n2Cc1cccc(Oc2ccccc2)c1. The zero-order valence-corrected chi connectivity index (χ0v) is 58.8. The van der Waals surface area contributed by atoms with Crippen LogP contribution in [0.4, 0.5) is 22.7 Å². The van der Waals surface area contributed by atoms with Crippen LogP contribution in [-0.2, 0) is 36.0 Å². The molecule has 0 saturated heterocycles. The number of nitroso groups, excluding NO2 is 4. The second kappa shape index (κ2) is 30.5. The molecule has 0 amide bonds. The summed E-state index contributed by atoms with van der Waals surface area (Å²) >= 11 is 6.06. The lowest BCUT2D eigenvalue weighted by molar-refractivity contribution is 0.392. The van der Waals surface area contributed by atoms with Crippen LogP contribution in [0.15, 0.2) is 195 Å². The van der Waals surface area contributed by atoms with E-state index in [9.17, 15) is 48.5 Å². The molecule has 0 spiro atoms. The highest BCUT2D eigenvalue weighted by atomic mass is 35.5. The Morgan fingerprint density at radius 2 is 0.713 bits per heavy atom. The van der Waals surface area contributed by atoms with Crippen LogP contribution in [0, 0.1) is 68.1 Å².